The van der Waals surface area contributed by atoms with Crippen LogP contribution in [0.15, 0.2) is 51.3 Å². The van der Waals surface area contributed by atoms with Gasteiger partial charge in [0, 0.05) is 37.8 Å². The first-order chi connectivity index (χ1) is 11.7. The van der Waals surface area contributed by atoms with Gasteiger partial charge in [0.05, 0.1) is 10.2 Å². The molecule has 0 aromatic carbocycles. The van der Waals surface area contributed by atoms with Crippen molar-refractivity contribution in [2.24, 2.45) is 4.99 Å². The minimum atomic E-state index is -0.0620. The van der Waals surface area contributed by atoms with E-state index in [-0.39, 0.29) is 5.91 Å². The van der Waals surface area contributed by atoms with Crippen molar-refractivity contribution in [1.82, 2.24) is 19.5 Å². The van der Waals surface area contributed by atoms with Gasteiger partial charge < -0.3 is 4.90 Å². The summed E-state index contributed by atoms with van der Waals surface area (Å²) in [5, 5.41) is 4.33. The van der Waals surface area contributed by atoms with Crippen molar-refractivity contribution < 1.29 is 4.79 Å². The molecule has 0 spiro atoms. The highest BCUT2D eigenvalue weighted by molar-refractivity contribution is 9.10. The first-order valence-electron chi connectivity index (χ1n) is 7.93. The van der Waals surface area contributed by atoms with Gasteiger partial charge in [0.25, 0.3) is 5.91 Å². The Morgan fingerprint density at radius 1 is 1.25 bits per heavy atom. The molecule has 4 heterocycles. The van der Waals surface area contributed by atoms with Crippen LogP contribution < -0.4 is 0 Å². The maximum absolute atomic E-state index is 12.7. The molecule has 4 rings (SSSR count). The molecule has 122 valence electrons. The second-order valence-corrected chi connectivity index (χ2v) is 6.73. The fourth-order valence-corrected chi connectivity index (χ4v) is 3.23. The number of hydrogen-bond acceptors (Lipinski definition) is 4. The predicted molar refractivity (Wildman–Crippen MR) is 95.1 cm³/mol. The van der Waals surface area contributed by atoms with E-state index in [0.717, 1.165) is 29.4 Å². The van der Waals surface area contributed by atoms with Crippen LogP contribution in [-0.4, -0.2) is 44.7 Å². The van der Waals surface area contributed by atoms with Gasteiger partial charge in [-0.2, -0.15) is 5.10 Å². The molecule has 7 heteroatoms. The average Bonchev–Trinajstić information content (AvgIpc) is 3.05. The van der Waals surface area contributed by atoms with Crippen molar-refractivity contribution >= 4 is 33.7 Å². The highest BCUT2D eigenvalue weighted by atomic mass is 79.9. The summed E-state index contributed by atoms with van der Waals surface area (Å²) in [6, 6.07) is 1.72. The number of carbonyl (C=O) groups excluding carboxylic acids is 1. The molecular weight excluding hydrogens is 370 g/mol. The van der Waals surface area contributed by atoms with E-state index in [1.54, 1.807) is 23.0 Å². The number of halogens is 1. The van der Waals surface area contributed by atoms with Crippen LogP contribution in [0.2, 0.25) is 0 Å². The van der Waals surface area contributed by atoms with Gasteiger partial charge in [-0.15, -0.1) is 0 Å². The maximum atomic E-state index is 12.7. The Morgan fingerprint density at radius 2 is 2.17 bits per heavy atom. The van der Waals surface area contributed by atoms with Crippen LogP contribution in [0, 0.1) is 0 Å². The van der Waals surface area contributed by atoms with E-state index in [9.17, 15) is 4.79 Å². The minimum absolute atomic E-state index is 0.0620. The fourth-order valence-electron chi connectivity index (χ4n) is 2.93. The summed E-state index contributed by atoms with van der Waals surface area (Å²) in [5.74, 6) is -0.0620. The number of carbonyl (C=O) groups is 1. The molecule has 0 bridgehead atoms. The smallest absolute Gasteiger partial charge is 0.274 e. The molecule has 6 nitrogen and oxygen atoms in total. The van der Waals surface area contributed by atoms with Crippen LogP contribution in [0.5, 0.6) is 0 Å². The normalized spacial score (nSPS) is 17.8. The molecule has 24 heavy (non-hydrogen) atoms. The summed E-state index contributed by atoms with van der Waals surface area (Å²) >= 11 is 3.36. The largest absolute Gasteiger partial charge is 0.333 e. The van der Waals surface area contributed by atoms with Crippen LogP contribution in [0.3, 0.4) is 0 Å². The zero-order valence-electron chi connectivity index (χ0n) is 13.0. The molecule has 2 aliphatic heterocycles. The van der Waals surface area contributed by atoms with Crippen molar-refractivity contribution in [2.75, 3.05) is 13.1 Å². The van der Waals surface area contributed by atoms with Gasteiger partial charge in [-0.3, -0.25) is 9.79 Å². The van der Waals surface area contributed by atoms with Gasteiger partial charge in [0.15, 0.2) is 11.3 Å². The molecule has 0 N–H and O–H groups in total. The molecule has 0 radical (unpaired) electrons. The number of allylic oxidation sites excluding steroid dienone is 2. The van der Waals surface area contributed by atoms with Crippen molar-refractivity contribution in [3.63, 3.8) is 0 Å². The van der Waals surface area contributed by atoms with Gasteiger partial charge in [-0.25, -0.2) is 9.50 Å². The quantitative estimate of drug-likeness (QED) is 0.797. The van der Waals surface area contributed by atoms with Crippen molar-refractivity contribution in [3.8, 4) is 0 Å². The SMILES string of the molecule is O=C(c1cc2ncc(Br)cn2n1)N1CC=C(C2=CCCC=N2)CC1. The third-order valence-electron chi connectivity index (χ3n) is 4.19. The van der Waals surface area contributed by atoms with Crippen LogP contribution in [0.4, 0.5) is 0 Å². The van der Waals surface area contributed by atoms with Crippen molar-refractivity contribution in [3.05, 3.63) is 52.0 Å². The van der Waals surface area contributed by atoms with E-state index < -0.39 is 0 Å². The molecule has 0 saturated carbocycles. The first kappa shape index (κ1) is 15.3. The molecule has 2 aliphatic rings. The number of aliphatic imine (C=N–C) groups is 1. The Bertz CT molecular complexity index is 896. The second kappa shape index (κ2) is 6.32. The number of fused-ring (bicyclic) bond motifs is 1. The highest BCUT2D eigenvalue weighted by Gasteiger charge is 2.22. The molecule has 1 amide bonds. The van der Waals surface area contributed by atoms with E-state index >= 15 is 0 Å². The highest BCUT2D eigenvalue weighted by Crippen LogP contribution is 2.23. The summed E-state index contributed by atoms with van der Waals surface area (Å²) in [7, 11) is 0. The van der Waals surface area contributed by atoms with Gasteiger partial charge in [0.2, 0.25) is 0 Å². The van der Waals surface area contributed by atoms with E-state index in [1.807, 2.05) is 11.1 Å². The molecular formula is C17H16BrN5O. The number of hydrogen-bond donors (Lipinski definition) is 0. The zero-order chi connectivity index (χ0) is 16.5. The summed E-state index contributed by atoms with van der Waals surface area (Å²) in [5.41, 5.74) is 3.38. The van der Waals surface area contributed by atoms with E-state index in [1.165, 1.54) is 5.57 Å². The second-order valence-electron chi connectivity index (χ2n) is 5.81. The van der Waals surface area contributed by atoms with Gasteiger partial charge in [-0.1, -0.05) is 12.2 Å². The molecule has 0 unspecified atom stereocenters. The third-order valence-corrected chi connectivity index (χ3v) is 4.60. The Kier molecular flexibility index (Phi) is 4.02. The Labute approximate surface area is 147 Å². The lowest BCUT2D eigenvalue weighted by atomic mass is 10.0. The fraction of sp³-hybridized carbons (Fsp3) is 0.294. The van der Waals surface area contributed by atoms with Crippen molar-refractivity contribution in [1.29, 1.82) is 0 Å². The standard InChI is InChI=1S/C17H16BrN5O/c18-13-10-20-16-9-15(21-23(16)11-13)17(24)22-7-4-12(5-8-22)14-3-1-2-6-19-14/h3-4,6,9-11H,1-2,5,7-8H2. The summed E-state index contributed by atoms with van der Waals surface area (Å²) < 4.78 is 2.44. The predicted octanol–water partition coefficient (Wildman–Crippen LogP) is 3.01. The topological polar surface area (TPSA) is 62.9 Å². The van der Waals surface area contributed by atoms with Gasteiger partial charge in [-0.05, 0) is 40.8 Å². The molecule has 2 aromatic rings. The molecule has 0 aliphatic carbocycles. The number of rotatable bonds is 2. The molecule has 2 aromatic heterocycles. The monoisotopic (exact) mass is 385 g/mol. The lowest BCUT2D eigenvalue weighted by molar-refractivity contribution is 0.0763. The van der Waals surface area contributed by atoms with Crippen LogP contribution in [0.1, 0.15) is 29.8 Å². The molecule has 0 saturated heterocycles. The first-order valence-corrected chi connectivity index (χ1v) is 8.72. The summed E-state index contributed by atoms with van der Waals surface area (Å²) in [6.07, 6.45) is 12.6. The lowest BCUT2D eigenvalue weighted by Gasteiger charge is -2.26. The summed E-state index contributed by atoms with van der Waals surface area (Å²) in [6.45, 7) is 1.27. The van der Waals surface area contributed by atoms with E-state index in [4.69, 9.17) is 0 Å². The van der Waals surface area contributed by atoms with Crippen molar-refractivity contribution in [2.45, 2.75) is 19.3 Å². The number of aromatic nitrogens is 3. The average molecular weight is 386 g/mol. The van der Waals surface area contributed by atoms with E-state index in [0.29, 0.717) is 24.4 Å². The van der Waals surface area contributed by atoms with E-state index in [2.05, 4.69) is 43.2 Å². The summed E-state index contributed by atoms with van der Waals surface area (Å²) in [4.78, 5) is 23.2. The number of nitrogens with zero attached hydrogens (tertiary/aromatic N) is 5. The Hall–Kier alpha value is -2.28. The Morgan fingerprint density at radius 3 is 2.92 bits per heavy atom. The maximum Gasteiger partial charge on any atom is 0.274 e. The van der Waals surface area contributed by atoms with Crippen LogP contribution in [-0.2, 0) is 0 Å². The molecule has 0 fully saturated rings. The molecule has 0 atom stereocenters. The van der Waals surface area contributed by atoms with Gasteiger partial charge >= 0.3 is 0 Å². The van der Waals surface area contributed by atoms with Gasteiger partial charge in [0.1, 0.15) is 0 Å². The number of amides is 1. The minimum Gasteiger partial charge on any atom is -0.333 e. The van der Waals surface area contributed by atoms with Crippen LogP contribution >= 0.6 is 15.9 Å². The third kappa shape index (κ3) is 2.91. The Balaban J connectivity index is 1.52. The van der Waals surface area contributed by atoms with Crippen LogP contribution in [0.25, 0.3) is 5.65 Å². The lowest BCUT2D eigenvalue weighted by Crippen LogP contribution is -2.35. The zero-order valence-corrected chi connectivity index (χ0v) is 14.6.